The minimum absolute atomic E-state index is 0.188. The van der Waals surface area contributed by atoms with Crippen molar-refractivity contribution in [2.45, 2.75) is 230 Å². The summed E-state index contributed by atoms with van der Waals surface area (Å²) in [5, 5.41) is 40.2. The third kappa shape index (κ3) is 34.2. The molecule has 1 rings (SSSR count). The summed E-state index contributed by atoms with van der Waals surface area (Å²) in [5.74, 6) is -0.850. The molecule has 0 spiro atoms. The van der Waals surface area contributed by atoms with E-state index in [0.717, 1.165) is 70.6 Å². The molecule has 2 unspecified atom stereocenters. The number of carbonyl (C=O) groups excluding carboxylic acids is 2. The monoisotopic (exact) mass is 887 g/mol. The van der Waals surface area contributed by atoms with Crippen LogP contribution in [0.15, 0.2) is 72.9 Å². The molecule has 1 heterocycles. The summed E-state index contributed by atoms with van der Waals surface area (Å²) in [4.78, 5) is 25.4. The van der Waals surface area contributed by atoms with Crippen LogP contribution in [0.4, 0.5) is 0 Å². The van der Waals surface area contributed by atoms with Crippen LogP contribution in [0.25, 0.3) is 0 Å². The number of hydrogen-bond acceptors (Lipinski definition) is 10. The van der Waals surface area contributed by atoms with E-state index in [1.54, 1.807) is 0 Å². The van der Waals surface area contributed by atoms with E-state index in [9.17, 15) is 30.0 Å². The first-order valence-corrected chi connectivity index (χ1v) is 25.0. The molecule has 1 fully saturated rings. The Morgan fingerprint density at radius 2 is 0.889 bits per heavy atom. The lowest BCUT2D eigenvalue weighted by Crippen LogP contribution is -2.59. The Morgan fingerprint density at radius 3 is 1.35 bits per heavy atom. The van der Waals surface area contributed by atoms with E-state index in [-0.39, 0.29) is 26.1 Å². The predicted octanol–water partition coefficient (Wildman–Crippen LogP) is 11.6. The van der Waals surface area contributed by atoms with Gasteiger partial charge in [0.2, 0.25) is 0 Å². The maximum Gasteiger partial charge on any atom is 0.306 e. The first-order chi connectivity index (χ1) is 30.8. The number of aliphatic hydroxyl groups excluding tert-OH is 4. The topological polar surface area (TPSA) is 152 Å². The quantitative estimate of drug-likeness (QED) is 0.0265. The molecule has 0 aromatic carbocycles. The molecule has 10 nitrogen and oxygen atoms in total. The third-order valence-corrected chi connectivity index (χ3v) is 11.1. The van der Waals surface area contributed by atoms with Crippen molar-refractivity contribution >= 4 is 11.9 Å². The maximum absolute atomic E-state index is 12.8. The van der Waals surface area contributed by atoms with Crippen LogP contribution in [0.1, 0.15) is 194 Å². The summed E-state index contributed by atoms with van der Waals surface area (Å²) in [6.07, 6.45) is 47.6. The van der Waals surface area contributed by atoms with Crippen molar-refractivity contribution in [2.75, 3.05) is 19.8 Å². The molecule has 6 atom stereocenters. The normalized spacial score (nSPS) is 20.1. The SMILES string of the molecule is CCCCC/C=C/C/C=C/C/C=C/C/C=C/CCCCCC(=O)O[C@@H](COC(=O)CCCCCCCCCCC/C=C/C/C=C/CCCCC)CO[C@H]1O[C@@H](CO)[C@@H](O)C(O)C1O. The molecular formula is C53H90O10. The zero-order chi connectivity index (χ0) is 45.9. The van der Waals surface area contributed by atoms with Crippen molar-refractivity contribution in [3.05, 3.63) is 72.9 Å². The molecule has 0 saturated carbocycles. The van der Waals surface area contributed by atoms with E-state index in [1.165, 1.54) is 83.5 Å². The Morgan fingerprint density at radius 1 is 0.492 bits per heavy atom. The summed E-state index contributed by atoms with van der Waals surface area (Å²) < 4.78 is 22.2. The molecule has 362 valence electrons. The van der Waals surface area contributed by atoms with Gasteiger partial charge in [-0.3, -0.25) is 9.59 Å². The minimum Gasteiger partial charge on any atom is -0.462 e. The Kier molecular flexibility index (Phi) is 39.7. The minimum atomic E-state index is -1.61. The standard InChI is InChI=1S/C53H90O10/c1-3-5-7-9-11-13-15-17-19-21-23-25-27-29-31-33-35-37-39-41-48(55)60-44-46(45-61-53-52(59)51(58)50(57)47(43-54)63-53)62-49(56)42-40-38-36-34-32-30-28-26-24-22-20-18-16-14-12-10-8-6-4-2/h11-14,17-20,24,26,30,32,46-47,50-54,57-59H,3-10,15-16,21-23,25,27-29,31,33-45H2,1-2H3/b13-11+,14-12+,19-17+,20-18+,26-24+,32-30+/t46-,47-,50+,51?,52?,53-/m0/s1. The van der Waals surface area contributed by atoms with Crippen LogP contribution in [0.2, 0.25) is 0 Å². The predicted molar refractivity (Wildman–Crippen MR) is 256 cm³/mol. The molecule has 63 heavy (non-hydrogen) atoms. The highest BCUT2D eigenvalue weighted by Crippen LogP contribution is 2.22. The molecule has 1 saturated heterocycles. The Labute approximate surface area is 383 Å². The van der Waals surface area contributed by atoms with Crippen molar-refractivity contribution in [1.29, 1.82) is 0 Å². The maximum atomic E-state index is 12.8. The lowest BCUT2D eigenvalue weighted by molar-refractivity contribution is -0.305. The molecular weight excluding hydrogens is 797 g/mol. The number of aliphatic hydroxyl groups is 4. The van der Waals surface area contributed by atoms with Gasteiger partial charge in [-0.1, -0.05) is 164 Å². The highest BCUT2D eigenvalue weighted by Gasteiger charge is 2.44. The fourth-order valence-corrected chi connectivity index (χ4v) is 7.08. The van der Waals surface area contributed by atoms with Gasteiger partial charge in [-0.15, -0.1) is 0 Å². The van der Waals surface area contributed by atoms with Crippen LogP contribution in [-0.2, 0) is 28.5 Å². The zero-order valence-corrected chi connectivity index (χ0v) is 39.6. The fourth-order valence-electron chi connectivity index (χ4n) is 7.08. The fraction of sp³-hybridized carbons (Fsp3) is 0.736. The van der Waals surface area contributed by atoms with Gasteiger partial charge in [0.25, 0.3) is 0 Å². The molecule has 1 aliphatic heterocycles. The lowest BCUT2D eigenvalue weighted by atomic mass is 9.99. The van der Waals surface area contributed by atoms with E-state index in [0.29, 0.717) is 12.8 Å². The first kappa shape index (κ1) is 58.2. The largest absolute Gasteiger partial charge is 0.462 e. The van der Waals surface area contributed by atoms with E-state index >= 15 is 0 Å². The summed E-state index contributed by atoms with van der Waals surface area (Å²) in [6.45, 7) is 3.34. The highest BCUT2D eigenvalue weighted by atomic mass is 16.7. The molecule has 1 aliphatic rings. The zero-order valence-electron chi connectivity index (χ0n) is 39.6. The number of ether oxygens (including phenoxy) is 4. The van der Waals surface area contributed by atoms with Crippen LogP contribution in [0.3, 0.4) is 0 Å². The number of hydrogen-bond donors (Lipinski definition) is 4. The lowest BCUT2D eigenvalue weighted by Gasteiger charge is -2.39. The van der Waals surface area contributed by atoms with Crippen molar-refractivity contribution < 1.29 is 49.0 Å². The molecule has 0 aliphatic carbocycles. The average molecular weight is 887 g/mol. The van der Waals surface area contributed by atoms with Gasteiger partial charge < -0.3 is 39.4 Å². The summed E-state index contributed by atoms with van der Waals surface area (Å²) >= 11 is 0. The second-order valence-corrected chi connectivity index (χ2v) is 16.9. The summed E-state index contributed by atoms with van der Waals surface area (Å²) in [7, 11) is 0. The van der Waals surface area contributed by atoms with E-state index in [4.69, 9.17) is 18.9 Å². The molecule has 0 amide bonds. The molecule has 0 bridgehead atoms. The van der Waals surface area contributed by atoms with Crippen LogP contribution < -0.4 is 0 Å². The molecule has 0 aromatic rings. The Hall–Kier alpha value is -2.86. The molecule has 0 aromatic heterocycles. The van der Waals surface area contributed by atoms with E-state index in [1.807, 2.05) is 0 Å². The van der Waals surface area contributed by atoms with Crippen molar-refractivity contribution in [2.24, 2.45) is 0 Å². The molecule has 10 heteroatoms. The van der Waals surface area contributed by atoms with Gasteiger partial charge in [0, 0.05) is 12.8 Å². The Bertz CT molecular complexity index is 1250. The van der Waals surface area contributed by atoms with Crippen molar-refractivity contribution in [1.82, 2.24) is 0 Å². The van der Waals surface area contributed by atoms with Crippen LogP contribution >= 0.6 is 0 Å². The van der Waals surface area contributed by atoms with Gasteiger partial charge in [0.1, 0.15) is 31.0 Å². The van der Waals surface area contributed by atoms with Crippen LogP contribution in [0, 0.1) is 0 Å². The number of rotatable bonds is 41. The van der Waals surface area contributed by atoms with E-state index < -0.39 is 55.4 Å². The molecule has 4 N–H and O–H groups in total. The van der Waals surface area contributed by atoms with E-state index in [2.05, 4.69) is 86.8 Å². The summed E-state index contributed by atoms with van der Waals surface area (Å²) in [6, 6.07) is 0. The smallest absolute Gasteiger partial charge is 0.306 e. The highest BCUT2D eigenvalue weighted by molar-refractivity contribution is 5.70. The number of unbranched alkanes of at least 4 members (excludes halogenated alkanes) is 18. The average Bonchev–Trinajstić information content (AvgIpc) is 3.28. The second kappa shape index (κ2) is 43.1. The number of carbonyl (C=O) groups is 2. The first-order valence-electron chi connectivity index (χ1n) is 25.0. The summed E-state index contributed by atoms with van der Waals surface area (Å²) in [5.41, 5.74) is 0. The van der Waals surface area contributed by atoms with Crippen LogP contribution in [-0.4, -0.2) is 89.0 Å². The van der Waals surface area contributed by atoms with Gasteiger partial charge in [0.15, 0.2) is 12.4 Å². The number of esters is 2. The molecule has 0 radical (unpaired) electrons. The van der Waals surface area contributed by atoms with Gasteiger partial charge in [-0.25, -0.2) is 0 Å². The van der Waals surface area contributed by atoms with Crippen molar-refractivity contribution in [3.8, 4) is 0 Å². The van der Waals surface area contributed by atoms with Crippen molar-refractivity contribution in [3.63, 3.8) is 0 Å². The third-order valence-electron chi connectivity index (χ3n) is 11.1. The van der Waals surface area contributed by atoms with Gasteiger partial charge in [-0.2, -0.15) is 0 Å². The Balaban J connectivity index is 2.32. The second-order valence-electron chi connectivity index (χ2n) is 16.9. The van der Waals surface area contributed by atoms with Gasteiger partial charge in [-0.05, 0) is 89.9 Å². The van der Waals surface area contributed by atoms with Crippen LogP contribution in [0.5, 0.6) is 0 Å². The van der Waals surface area contributed by atoms with Gasteiger partial charge in [0.05, 0.1) is 13.2 Å². The number of allylic oxidation sites excluding steroid dienone is 12. The van der Waals surface area contributed by atoms with Gasteiger partial charge >= 0.3 is 11.9 Å².